The first-order valence-corrected chi connectivity index (χ1v) is 8.59. The number of benzene rings is 1. The molecule has 0 amide bonds. The predicted molar refractivity (Wildman–Crippen MR) is 92.0 cm³/mol. The van der Waals surface area contributed by atoms with Gasteiger partial charge in [0.1, 0.15) is 5.75 Å². The maximum absolute atomic E-state index is 5.47. The van der Waals surface area contributed by atoms with Crippen LogP contribution in [0.4, 0.5) is 0 Å². The second kappa shape index (κ2) is 10.7. The van der Waals surface area contributed by atoms with Gasteiger partial charge in [0, 0.05) is 6.04 Å². The fourth-order valence-electron chi connectivity index (χ4n) is 2.49. The summed E-state index contributed by atoms with van der Waals surface area (Å²) in [7, 11) is 0. The Labute approximate surface area is 131 Å². The summed E-state index contributed by atoms with van der Waals surface area (Å²) in [5.74, 6) is 1.81. The van der Waals surface area contributed by atoms with Gasteiger partial charge in [-0.05, 0) is 50.4 Å². The van der Waals surface area contributed by atoms with Gasteiger partial charge in [0.15, 0.2) is 0 Å². The molecule has 2 heteroatoms. The molecule has 0 heterocycles. The van der Waals surface area contributed by atoms with Crippen LogP contribution in [0.3, 0.4) is 0 Å². The van der Waals surface area contributed by atoms with Crippen LogP contribution in [0.5, 0.6) is 5.75 Å². The van der Waals surface area contributed by atoms with E-state index in [1.165, 1.54) is 37.7 Å². The summed E-state index contributed by atoms with van der Waals surface area (Å²) < 4.78 is 5.47. The summed E-state index contributed by atoms with van der Waals surface area (Å²) in [5, 5.41) is 3.61. The Morgan fingerprint density at radius 1 is 0.952 bits per heavy atom. The summed E-state index contributed by atoms with van der Waals surface area (Å²) in [6.07, 6.45) is 6.74. The highest BCUT2D eigenvalue weighted by atomic mass is 16.5. The van der Waals surface area contributed by atoms with Crippen LogP contribution in [0.2, 0.25) is 0 Å². The predicted octanol–water partition coefficient (Wildman–Crippen LogP) is 5.34. The van der Waals surface area contributed by atoms with Crippen molar-refractivity contribution in [2.75, 3.05) is 13.2 Å². The molecule has 1 atom stereocenters. The van der Waals surface area contributed by atoms with Crippen LogP contribution < -0.4 is 10.1 Å². The zero-order valence-corrected chi connectivity index (χ0v) is 14.3. The van der Waals surface area contributed by atoms with Gasteiger partial charge in [-0.25, -0.2) is 0 Å². The zero-order chi connectivity index (χ0) is 15.5. The van der Waals surface area contributed by atoms with E-state index in [4.69, 9.17) is 4.74 Å². The van der Waals surface area contributed by atoms with E-state index in [1.54, 1.807) is 0 Å². The third-order valence-corrected chi connectivity index (χ3v) is 3.85. The largest absolute Gasteiger partial charge is 0.494 e. The third kappa shape index (κ3) is 8.11. The van der Waals surface area contributed by atoms with E-state index in [0.717, 1.165) is 24.8 Å². The summed E-state index contributed by atoms with van der Waals surface area (Å²) in [4.78, 5) is 0. The topological polar surface area (TPSA) is 21.3 Å². The Bertz CT molecular complexity index is 358. The van der Waals surface area contributed by atoms with E-state index < -0.39 is 0 Å². The molecule has 0 radical (unpaired) electrons. The number of unbranched alkanes of at least 4 members (excludes halogenated alkanes) is 3. The Morgan fingerprint density at radius 3 is 2.24 bits per heavy atom. The van der Waals surface area contributed by atoms with E-state index in [2.05, 4.69) is 50.4 Å². The molecule has 1 aromatic rings. The molecule has 0 fully saturated rings. The van der Waals surface area contributed by atoms with Crippen LogP contribution >= 0.6 is 0 Å². The van der Waals surface area contributed by atoms with Crippen LogP contribution in [0.1, 0.15) is 71.4 Å². The Balaban J connectivity index is 2.14. The zero-order valence-electron chi connectivity index (χ0n) is 14.3. The fourth-order valence-corrected chi connectivity index (χ4v) is 2.49. The van der Waals surface area contributed by atoms with Gasteiger partial charge in [0.05, 0.1) is 6.61 Å². The second-order valence-electron chi connectivity index (χ2n) is 6.27. The molecule has 0 aliphatic heterocycles. The Morgan fingerprint density at radius 2 is 1.62 bits per heavy atom. The molecule has 120 valence electrons. The number of hydrogen-bond donors (Lipinski definition) is 1. The van der Waals surface area contributed by atoms with Crippen LogP contribution in [0.15, 0.2) is 24.3 Å². The molecular weight excluding hydrogens is 258 g/mol. The molecule has 1 unspecified atom stereocenters. The third-order valence-electron chi connectivity index (χ3n) is 3.85. The van der Waals surface area contributed by atoms with Crippen molar-refractivity contribution in [1.29, 1.82) is 0 Å². The molecule has 1 aromatic carbocycles. The number of ether oxygens (including phenoxy) is 1. The molecule has 2 nitrogen and oxygen atoms in total. The van der Waals surface area contributed by atoms with Crippen molar-refractivity contribution in [2.45, 2.75) is 65.8 Å². The quantitative estimate of drug-likeness (QED) is 0.555. The molecule has 0 aromatic heterocycles. The van der Waals surface area contributed by atoms with Crippen molar-refractivity contribution in [3.05, 3.63) is 29.8 Å². The molecule has 0 spiro atoms. The molecule has 1 N–H and O–H groups in total. The highest BCUT2D eigenvalue weighted by Crippen LogP contribution is 2.17. The van der Waals surface area contributed by atoms with E-state index >= 15 is 0 Å². The lowest BCUT2D eigenvalue weighted by atomic mass is 10.0. The van der Waals surface area contributed by atoms with Gasteiger partial charge < -0.3 is 10.1 Å². The van der Waals surface area contributed by atoms with E-state index in [1.807, 2.05) is 6.92 Å². The standard InChI is InChI=1S/C19H33NO/c1-5-21-19-13-11-18(12-14-19)17(4)20-15-9-7-6-8-10-16(2)3/h11-14,16-17,20H,5-10,15H2,1-4H3. The first-order valence-electron chi connectivity index (χ1n) is 8.59. The minimum absolute atomic E-state index is 0.413. The van der Waals surface area contributed by atoms with Gasteiger partial charge in [-0.2, -0.15) is 0 Å². The molecule has 0 aliphatic rings. The SMILES string of the molecule is CCOc1ccc(C(C)NCCCCCCC(C)C)cc1. The van der Waals surface area contributed by atoms with E-state index in [-0.39, 0.29) is 0 Å². The van der Waals surface area contributed by atoms with Gasteiger partial charge in [-0.3, -0.25) is 0 Å². The van der Waals surface area contributed by atoms with Gasteiger partial charge in [0.25, 0.3) is 0 Å². The first kappa shape index (κ1) is 18.0. The number of hydrogen-bond acceptors (Lipinski definition) is 2. The van der Waals surface area contributed by atoms with Gasteiger partial charge in [-0.15, -0.1) is 0 Å². The molecule has 1 rings (SSSR count). The summed E-state index contributed by atoms with van der Waals surface area (Å²) in [6, 6.07) is 8.85. The lowest BCUT2D eigenvalue weighted by molar-refractivity contribution is 0.340. The maximum atomic E-state index is 5.47. The minimum atomic E-state index is 0.413. The summed E-state index contributed by atoms with van der Waals surface area (Å²) >= 11 is 0. The summed E-state index contributed by atoms with van der Waals surface area (Å²) in [5.41, 5.74) is 1.33. The average molecular weight is 291 g/mol. The van der Waals surface area contributed by atoms with Crippen LogP contribution in [-0.2, 0) is 0 Å². The van der Waals surface area contributed by atoms with E-state index in [9.17, 15) is 0 Å². The minimum Gasteiger partial charge on any atom is -0.494 e. The Kier molecular flexibility index (Phi) is 9.16. The van der Waals surface area contributed by atoms with Crippen molar-refractivity contribution < 1.29 is 4.74 Å². The molecule has 0 bridgehead atoms. The highest BCUT2D eigenvalue weighted by molar-refractivity contribution is 5.28. The highest BCUT2D eigenvalue weighted by Gasteiger charge is 2.04. The molecule has 21 heavy (non-hydrogen) atoms. The molecule has 0 saturated carbocycles. The van der Waals surface area contributed by atoms with Gasteiger partial charge >= 0.3 is 0 Å². The lowest BCUT2D eigenvalue weighted by Crippen LogP contribution is -2.19. The fraction of sp³-hybridized carbons (Fsp3) is 0.684. The van der Waals surface area contributed by atoms with Crippen molar-refractivity contribution in [3.8, 4) is 5.75 Å². The van der Waals surface area contributed by atoms with Crippen LogP contribution in [0.25, 0.3) is 0 Å². The number of rotatable bonds is 11. The molecule has 0 aliphatic carbocycles. The van der Waals surface area contributed by atoms with Gasteiger partial charge in [0.2, 0.25) is 0 Å². The monoisotopic (exact) mass is 291 g/mol. The maximum Gasteiger partial charge on any atom is 0.119 e. The van der Waals surface area contributed by atoms with Crippen molar-refractivity contribution in [1.82, 2.24) is 5.32 Å². The smallest absolute Gasteiger partial charge is 0.119 e. The molecule has 0 saturated heterocycles. The average Bonchev–Trinajstić information content (AvgIpc) is 2.47. The lowest BCUT2D eigenvalue weighted by Gasteiger charge is -2.15. The van der Waals surface area contributed by atoms with Crippen molar-refractivity contribution in [3.63, 3.8) is 0 Å². The van der Waals surface area contributed by atoms with Crippen LogP contribution in [0, 0.1) is 5.92 Å². The molecular formula is C19H33NO. The van der Waals surface area contributed by atoms with Crippen LogP contribution in [-0.4, -0.2) is 13.2 Å². The summed E-state index contributed by atoms with van der Waals surface area (Å²) in [6.45, 7) is 10.7. The first-order chi connectivity index (χ1) is 10.1. The van der Waals surface area contributed by atoms with Crippen molar-refractivity contribution in [2.24, 2.45) is 5.92 Å². The van der Waals surface area contributed by atoms with Crippen molar-refractivity contribution >= 4 is 0 Å². The van der Waals surface area contributed by atoms with Gasteiger partial charge in [-0.1, -0.05) is 51.7 Å². The van der Waals surface area contributed by atoms with E-state index in [0.29, 0.717) is 6.04 Å². The second-order valence-corrected chi connectivity index (χ2v) is 6.27. The Hall–Kier alpha value is -1.02. The number of nitrogens with one attached hydrogen (secondary N) is 1. The normalized spacial score (nSPS) is 12.6.